The maximum absolute atomic E-state index is 11.5. The first-order valence-corrected chi connectivity index (χ1v) is 5.78. The maximum atomic E-state index is 11.5. The van der Waals surface area contributed by atoms with E-state index < -0.39 is 11.8 Å². The lowest BCUT2D eigenvalue weighted by Gasteiger charge is -2.13. The smallest absolute Gasteiger partial charge is 0.309 e. The monoisotopic (exact) mass is 234 g/mol. The Morgan fingerprint density at radius 3 is 2.41 bits per heavy atom. The summed E-state index contributed by atoms with van der Waals surface area (Å²) >= 11 is 0. The quantitative estimate of drug-likeness (QED) is 0.773. The van der Waals surface area contributed by atoms with Gasteiger partial charge in [-0.3, -0.25) is 9.59 Å². The number of rotatable bonds is 4. The highest BCUT2D eigenvalue weighted by Gasteiger charge is 2.15. The zero-order chi connectivity index (χ0) is 12.7. The minimum Gasteiger partial charge on any atom is -0.348 e. The topological polar surface area (TPSA) is 58.2 Å². The summed E-state index contributed by atoms with van der Waals surface area (Å²) in [6.07, 6.45) is 0.813. The molecule has 17 heavy (non-hydrogen) atoms. The summed E-state index contributed by atoms with van der Waals surface area (Å²) in [5.41, 5.74) is 0.976. The number of amides is 2. The Labute approximate surface area is 101 Å². The van der Waals surface area contributed by atoms with Gasteiger partial charge in [-0.25, -0.2) is 0 Å². The van der Waals surface area contributed by atoms with Crippen molar-refractivity contribution < 1.29 is 9.59 Å². The minimum atomic E-state index is -0.588. The number of hydrogen-bond acceptors (Lipinski definition) is 2. The molecule has 1 aromatic rings. The molecular weight excluding hydrogens is 216 g/mol. The van der Waals surface area contributed by atoms with Crippen LogP contribution < -0.4 is 10.6 Å². The van der Waals surface area contributed by atoms with Crippen LogP contribution in [0.3, 0.4) is 0 Å². The molecule has 2 N–H and O–H groups in total. The van der Waals surface area contributed by atoms with Crippen molar-refractivity contribution in [1.82, 2.24) is 10.6 Å². The average molecular weight is 234 g/mol. The van der Waals surface area contributed by atoms with Crippen molar-refractivity contribution in [2.24, 2.45) is 0 Å². The zero-order valence-corrected chi connectivity index (χ0v) is 10.2. The second-order valence-corrected chi connectivity index (χ2v) is 3.86. The Kier molecular flexibility index (Phi) is 5.20. The van der Waals surface area contributed by atoms with Crippen molar-refractivity contribution in [3.8, 4) is 0 Å². The zero-order valence-electron chi connectivity index (χ0n) is 10.2. The first-order chi connectivity index (χ1) is 8.15. The third-order valence-corrected chi connectivity index (χ3v) is 2.39. The molecule has 0 spiro atoms. The largest absolute Gasteiger partial charge is 0.348 e. The van der Waals surface area contributed by atoms with Crippen LogP contribution in [0.5, 0.6) is 0 Å². The molecule has 4 nitrogen and oxygen atoms in total. The van der Waals surface area contributed by atoms with Gasteiger partial charge in [0.15, 0.2) is 0 Å². The van der Waals surface area contributed by atoms with Crippen LogP contribution in [0.1, 0.15) is 31.9 Å². The molecule has 0 aliphatic heterocycles. The predicted octanol–water partition coefficient (Wildman–Crippen LogP) is 1.39. The molecule has 92 valence electrons. The van der Waals surface area contributed by atoms with Gasteiger partial charge in [-0.1, -0.05) is 37.3 Å². The van der Waals surface area contributed by atoms with Crippen molar-refractivity contribution >= 4 is 11.8 Å². The van der Waals surface area contributed by atoms with Gasteiger partial charge < -0.3 is 10.6 Å². The molecule has 0 aromatic heterocycles. The molecule has 0 saturated carbocycles. The summed E-state index contributed by atoms with van der Waals surface area (Å²) in [6, 6.07) is 9.36. The van der Waals surface area contributed by atoms with E-state index in [0.29, 0.717) is 6.54 Å². The van der Waals surface area contributed by atoms with Crippen molar-refractivity contribution in [3.63, 3.8) is 0 Å². The lowest BCUT2D eigenvalue weighted by Crippen LogP contribution is -2.41. The van der Waals surface area contributed by atoms with Gasteiger partial charge in [0.05, 0.1) is 6.04 Å². The molecule has 0 fully saturated rings. The molecule has 1 unspecified atom stereocenters. The highest BCUT2D eigenvalue weighted by atomic mass is 16.2. The SMILES string of the molecule is CCCNC(=O)C(=O)NC(C)c1ccccc1. The van der Waals surface area contributed by atoms with Gasteiger partial charge in [0, 0.05) is 6.54 Å². The lowest BCUT2D eigenvalue weighted by atomic mass is 10.1. The van der Waals surface area contributed by atoms with Gasteiger partial charge in [-0.05, 0) is 18.9 Å². The highest BCUT2D eigenvalue weighted by Crippen LogP contribution is 2.10. The fraction of sp³-hybridized carbons (Fsp3) is 0.385. The first-order valence-electron chi connectivity index (χ1n) is 5.78. The molecule has 2 amide bonds. The van der Waals surface area contributed by atoms with Gasteiger partial charge in [0.25, 0.3) is 0 Å². The van der Waals surface area contributed by atoms with Crippen molar-refractivity contribution in [3.05, 3.63) is 35.9 Å². The molecule has 1 rings (SSSR count). The van der Waals surface area contributed by atoms with E-state index in [4.69, 9.17) is 0 Å². The summed E-state index contributed by atoms with van der Waals surface area (Å²) < 4.78 is 0. The van der Waals surface area contributed by atoms with E-state index in [-0.39, 0.29) is 6.04 Å². The Morgan fingerprint density at radius 2 is 1.82 bits per heavy atom. The van der Waals surface area contributed by atoms with Crippen LogP contribution in [-0.4, -0.2) is 18.4 Å². The predicted molar refractivity (Wildman–Crippen MR) is 66.3 cm³/mol. The Hall–Kier alpha value is -1.84. The van der Waals surface area contributed by atoms with E-state index in [1.54, 1.807) is 0 Å². The third-order valence-electron chi connectivity index (χ3n) is 2.39. The fourth-order valence-electron chi connectivity index (χ4n) is 1.41. The standard InChI is InChI=1S/C13H18N2O2/c1-3-9-14-12(16)13(17)15-10(2)11-7-5-4-6-8-11/h4-8,10H,3,9H2,1-2H3,(H,14,16)(H,15,17). The van der Waals surface area contributed by atoms with Crippen molar-refractivity contribution in [2.75, 3.05) is 6.54 Å². The lowest BCUT2D eigenvalue weighted by molar-refractivity contribution is -0.139. The van der Waals surface area contributed by atoms with E-state index in [0.717, 1.165) is 12.0 Å². The molecule has 4 heteroatoms. The van der Waals surface area contributed by atoms with Crippen LogP contribution in [0, 0.1) is 0 Å². The van der Waals surface area contributed by atoms with Gasteiger partial charge in [0.2, 0.25) is 0 Å². The maximum Gasteiger partial charge on any atom is 0.309 e. The first kappa shape index (κ1) is 13.2. The molecule has 0 saturated heterocycles. The minimum absolute atomic E-state index is 0.170. The summed E-state index contributed by atoms with van der Waals surface area (Å²) in [7, 11) is 0. The fourth-order valence-corrected chi connectivity index (χ4v) is 1.41. The molecule has 0 bridgehead atoms. The number of benzene rings is 1. The van der Waals surface area contributed by atoms with Crippen molar-refractivity contribution in [2.45, 2.75) is 26.3 Å². The Balaban J connectivity index is 2.49. The molecule has 0 aliphatic rings. The second kappa shape index (κ2) is 6.68. The molecular formula is C13H18N2O2. The van der Waals surface area contributed by atoms with E-state index in [1.807, 2.05) is 44.2 Å². The third kappa shape index (κ3) is 4.26. The molecule has 0 heterocycles. The van der Waals surface area contributed by atoms with Crippen LogP contribution >= 0.6 is 0 Å². The molecule has 1 aromatic carbocycles. The molecule has 1 atom stereocenters. The van der Waals surface area contributed by atoms with Gasteiger partial charge in [0.1, 0.15) is 0 Å². The van der Waals surface area contributed by atoms with E-state index in [1.165, 1.54) is 0 Å². The van der Waals surface area contributed by atoms with E-state index in [9.17, 15) is 9.59 Å². The normalized spacial score (nSPS) is 11.6. The number of carbonyl (C=O) groups is 2. The van der Waals surface area contributed by atoms with Crippen LogP contribution in [-0.2, 0) is 9.59 Å². The Morgan fingerprint density at radius 1 is 1.18 bits per heavy atom. The van der Waals surface area contributed by atoms with Crippen LogP contribution in [0.2, 0.25) is 0 Å². The number of hydrogen-bond donors (Lipinski definition) is 2. The van der Waals surface area contributed by atoms with Crippen molar-refractivity contribution in [1.29, 1.82) is 0 Å². The number of carbonyl (C=O) groups excluding carboxylic acids is 2. The van der Waals surface area contributed by atoms with Crippen LogP contribution in [0.15, 0.2) is 30.3 Å². The summed E-state index contributed by atoms with van der Waals surface area (Å²) in [4.78, 5) is 22.9. The van der Waals surface area contributed by atoms with Gasteiger partial charge in [-0.15, -0.1) is 0 Å². The van der Waals surface area contributed by atoms with Crippen LogP contribution in [0.25, 0.3) is 0 Å². The second-order valence-electron chi connectivity index (χ2n) is 3.86. The van der Waals surface area contributed by atoms with E-state index >= 15 is 0 Å². The molecule has 0 aliphatic carbocycles. The highest BCUT2D eigenvalue weighted by molar-refractivity contribution is 6.35. The summed E-state index contributed by atoms with van der Waals surface area (Å²) in [5, 5.41) is 5.19. The summed E-state index contributed by atoms with van der Waals surface area (Å²) in [5.74, 6) is -1.16. The van der Waals surface area contributed by atoms with Crippen LogP contribution in [0.4, 0.5) is 0 Å². The average Bonchev–Trinajstić information content (AvgIpc) is 2.36. The number of nitrogens with one attached hydrogen (secondary N) is 2. The van der Waals surface area contributed by atoms with Gasteiger partial charge in [-0.2, -0.15) is 0 Å². The van der Waals surface area contributed by atoms with Gasteiger partial charge >= 0.3 is 11.8 Å². The van der Waals surface area contributed by atoms with E-state index in [2.05, 4.69) is 10.6 Å². The Bertz CT molecular complexity index is 376. The summed E-state index contributed by atoms with van der Waals surface area (Å²) in [6.45, 7) is 4.30. The molecule has 0 radical (unpaired) electrons.